The van der Waals surface area contributed by atoms with E-state index in [1.165, 1.54) is 0 Å². The third-order valence-corrected chi connectivity index (χ3v) is 7.33. The van der Waals surface area contributed by atoms with Crippen LogP contribution in [0.25, 0.3) is 0 Å². The minimum absolute atomic E-state index is 0.0471. The highest BCUT2D eigenvalue weighted by atomic mass is 32.2. The first-order chi connectivity index (χ1) is 16.2. The number of hydrogen-bond donors (Lipinski definition) is 2. The van der Waals surface area contributed by atoms with Crippen molar-refractivity contribution in [3.63, 3.8) is 0 Å². The molecule has 3 rings (SSSR count). The summed E-state index contributed by atoms with van der Waals surface area (Å²) in [6, 6.07) is 13.4. The van der Waals surface area contributed by atoms with E-state index >= 15 is 0 Å². The van der Waals surface area contributed by atoms with E-state index in [9.17, 15) is 18.0 Å². The summed E-state index contributed by atoms with van der Waals surface area (Å²) in [7, 11) is -1.91. The fourth-order valence-corrected chi connectivity index (χ4v) is 4.86. The summed E-state index contributed by atoms with van der Waals surface area (Å²) in [5.41, 5.74) is 1.75. The zero-order valence-electron chi connectivity index (χ0n) is 19.9. The van der Waals surface area contributed by atoms with Gasteiger partial charge in [0, 0.05) is 25.6 Å². The highest BCUT2D eigenvalue weighted by Gasteiger charge is 2.28. The van der Waals surface area contributed by atoms with E-state index in [1.807, 2.05) is 31.2 Å². The quantitative estimate of drug-likeness (QED) is 0.479. The van der Waals surface area contributed by atoms with Crippen molar-refractivity contribution in [3.8, 4) is 5.75 Å². The highest BCUT2D eigenvalue weighted by molar-refractivity contribution is 7.89. The Balaban J connectivity index is 1.66. The van der Waals surface area contributed by atoms with Crippen LogP contribution in [0.3, 0.4) is 0 Å². The first-order valence-electron chi connectivity index (χ1n) is 11.5. The van der Waals surface area contributed by atoms with E-state index in [-0.39, 0.29) is 29.2 Å². The smallest absolute Gasteiger partial charge is 0.242 e. The molecule has 1 aliphatic rings. The molecule has 0 bridgehead atoms. The molecule has 1 fully saturated rings. The molecule has 0 aromatic heterocycles. The lowest BCUT2D eigenvalue weighted by Crippen LogP contribution is -2.47. The van der Waals surface area contributed by atoms with Gasteiger partial charge in [0.25, 0.3) is 0 Å². The molecule has 0 radical (unpaired) electrons. The predicted molar refractivity (Wildman–Crippen MR) is 130 cm³/mol. The number of nitrogens with zero attached hydrogens (tertiary/aromatic N) is 1. The number of methoxy groups -OCH3 is 1. The van der Waals surface area contributed by atoms with Gasteiger partial charge in [-0.15, -0.1) is 0 Å². The van der Waals surface area contributed by atoms with Gasteiger partial charge in [-0.2, -0.15) is 0 Å². The molecule has 34 heavy (non-hydrogen) atoms. The van der Waals surface area contributed by atoms with Gasteiger partial charge in [-0.1, -0.05) is 24.3 Å². The number of amides is 2. The maximum Gasteiger partial charge on any atom is 0.242 e. The summed E-state index contributed by atoms with van der Waals surface area (Å²) < 4.78 is 32.5. The van der Waals surface area contributed by atoms with Crippen LogP contribution in [0, 0.1) is 0 Å². The highest BCUT2D eigenvalue weighted by Crippen LogP contribution is 2.22. The van der Waals surface area contributed by atoms with Crippen molar-refractivity contribution < 1.29 is 22.7 Å². The van der Waals surface area contributed by atoms with Crippen LogP contribution in [0.1, 0.15) is 44.2 Å². The van der Waals surface area contributed by atoms with E-state index < -0.39 is 16.1 Å². The first kappa shape index (κ1) is 25.7. The lowest BCUT2D eigenvalue weighted by Gasteiger charge is -2.29. The molecule has 1 aliphatic carbocycles. The monoisotopic (exact) mass is 487 g/mol. The number of likely N-dealkylation sites (N-methyl/N-ethyl adjacent to an activating group) is 1. The Morgan fingerprint density at radius 2 is 1.68 bits per heavy atom. The Hall–Kier alpha value is -2.91. The Morgan fingerprint density at radius 3 is 2.24 bits per heavy atom. The molecule has 0 heterocycles. The van der Waals surface area contributed by atoms with Gasteiger partial charge in [0.1, 0.15) is 11.8 Å². The number of nitrogens with one attached hydrogen (secondary N) is 2. The van der Waals surface area contributed by atoms with E-state index in [2.05, 4.69) is 10.0 Å². The van der Waals surface area contributed by atoms with Gasteiger partial charge in [-0.3, -0.25) is 9.59 Å². The maximum absolute atomic E-state index is 13.2. The van der Waals surface area contributed by atoms with Crippen LogP contribution in [-0.4, -0.2) is 50.9 Å². The summed E-state index contributed by atoms with van der Waals surface area (Å²) in [6.07, 6.45) is 2.39. The Morgan fingerprint density at radius 1 is 1.06 bits per heavy atom. The topological polar surface area (TPSA) is 105 Å². The van der Waals surface area contributed by atoms with Crippen LogP contribution in [0.2, 0.25) is 0 Å². The van der Waals surface area contributed by atoms with Gasteiger partial charge in [-0.25, -0.2) is 13.1 Å². The molecule has 2 aromatic carbocycles. The minimum Gasteiger partial charge on any atom is -0.497 e. The van der Waals surface area contributed by atoms with E-state index in [4.69, 9.17) is 4.74 Å². The molecule has 0 saturated heterocycles. The van der Waals surface area contributed by atoms with E-state index in [1.54, 1.807) is 43.2 Å². The molecular formula is C25H33N3O5S. The lowest BCUT2D eigenvalue weighted by atomic mass is 10.1. The van der Waals surface area contributed by atoms with Crippen molar-refractivity contribution in [2.45, 2.75) is 63.1 Å². The number of rotatable bonds is 12. The van der Waals surface area contributed by atoms with Crippen LogP contribution >= 0.6 is 0 Å². The second-order valence-electron chi connectivity index (χ2n) is 8.48. The maximum atomic E-state index is 13.2. The number of carbonyl (C=O) groups excluding carboxylic acids is 2. The fourth-order valence-electron chi connectivity index (χ4n) is 3.55. The number of ether oxygens (including phenoxy) is 1. The summed E-state index contributed by atoms with van der Waals surface area (Å²) in [4.78, 5) is 27.4. The average Bonchev–Trinajstić information content (AvgIpc) is 3.64. The molecule has 1 unspecified atom stereocenters. The number of aryl methyl sites for hydroxylation is 1. The first-order valence-corrected chi connectivity index (χ1v) is 13.0. The van der Waals surface area contributed by atoms with E-state index in [0.29, 0.717) is 19.5 Å². The zero-order chi connectivity index (χ0) is 24.7. The van der Waals surface area contributed by atoms with Crippen molar-refractivity contribution in [2.75, 3.05) is 13.7 Å². The Kier molecular flexibility index (Phi) is 8.68. The van der Waals surface area contributed by atoms with E-state index in [0.717, 1.165) is 29.7 Å². The molecule has 0 spiro atoms. The van der Waals surface area contributed by atoms with Crippen molar-refractivity contribution in [3.05, 3.63) is 59.7 Å². The largest absolute Gasteiger partial charge is 0.497 e. The zero-order valence-corrected chi connectivity index (χ0v) is 20.7. The predicted octanol–water partition coefficient (Wildman–Crippen LogP) is 2.62. The van der Waals surface area contributed by atoms with Gasteiger partial charge in [-0.05, 0) is 68.5 Å². The van der Waals surface area contributed by atoms with Crippen LogP contribution in [0.5, 0.6) is 5.75 Å². The second-order valence-corrected chi connectivity index (χ2v) is 10.2. The normalized spacial score (nSPS) is 14.3. The van der Waals surface area contributed by atoms with Gasteiger partial charge in [0.2, 0.25) is 21.8 Å². The molecule has 2 amide bonds. The third-order valence-electron chi connectivity index (χ3n) is 5.79. The lowest BCUT2D eigenvalue weighted by molar-refractivity contribution is -0.140. The van der Waals surface area contributed by atoms with Gasteiger partial charge >= 0.3 is 0 Å². The van der Waals surface area contributed by atoms with Crippen LogP contribution in [0.4, 0.5) is 0 Å². The van der Waals surface area contributed by atoms with Crippen molar-refractivity contribution >= 4 is 21.8 Å². The molecule has 9 heteroatoms. The minimum atomic E-state index is -3.50. The average molecular weight is 488 g/mol. The molecule has 1 atom stereocenters. The van der Waals surface area contributed by atoms with Crippen LogP contribution in [0.15, 0.2) is 53.4 Å². The fraction of sp³-hybridized carbons (Fsp3) is 0.440. The van der Waals surface area contributed by atoms with Crippen molar-refractivity contribution in [1.29, 1.82) is 0 Å². The van der Waals surface area contributed by atoms with Crippen LogP contribution in [-0.2, 0) is 32.6 Å². The third kappa shape index (κ3) is 7.04. The second kappa shape index (κ2) is 11.5. The molecule has 184 valence electrons. The summed E-state index contributed by atoms with van der Waals surface area (Å²) in [5, 5.41) is 2.78. The Labute approximate surface area is 201 Å². The number of hydrogen-bond acceptors (Lipinski definition) is 5. The molecule has 2 N–H and O–H groups in total. The van der Waals surface area contributed by atoms with Gasteiger partial charge < -0.3 is 15.0 Å². The van der Waals surface area contributed by atoms with Gasteiger partial charge in [0.05, 0.1) is 12.0 Å². The summed E-state index contributed by atoms with van der Waals surface area (Å²) in [5.74, 6) is 0.361. The van der Waals surface area contributed by atoms with Crippen LogP contribution < -0.4 is 14.8 Å². The van der Waals surface area contributed by atoms with Crippen molar-refractivity contribution in [2.24, 2.45) is 0 Å². The summed E-state index contributed by atoms with van der Waals surface area (Å²) >= 11 is 0. The van der Waals surface area contributed by atoms with Gasteiger partial charge in [0.15, 0.2) is 0 Å². The Bertz CT molecular complexity index is 1080. The molecule has 8 nitrogen and oxygen atoms in total. The number of carbonyl (C=O) groups is 2. The molecule has 1 saturated carbocycles. The standard InChI is InChI=1S/C25H33N3O5S/c1-4-26-25(30)18(2)28(17-20-5-12-22(33-3)13-6-20)24(29)16-9-19-7-14-23(15-8-19)34(31,32)27-21-10-11-21/h5-8,12-15,18,21,27H,4,9-11,16-17H2,1-3H3,(H,26,30). The van der Waals surface area contributed by atoms with Crippen molar-refractivity contribution in [1.82, 2.24) is 14.9 Å². The number of sulfonamides is 1. The summed E-state index contributed by atoms with van der Waals surface area (Å²) in [6.45, 7) is 4.34. The number of benzene rings is 2. The molecule has 2 aromatic rings. The SMILES string of the molecule is CCNC(=O)C(C)N(Cc1ccc(OC)cc1)C(=O)CCc1ccc(S(=O)(=O)NC2CC2)cc1. The molecular weight excluding hydrogens is 454 g/mol. The molecule has 0 aliphatic heterocycles.